The highest BCUT2D eigenvalue weighted by Crippen LogP contribution is 2.00. The van der Waals surface area contributed by atoms with E-state index in [1.54, 1.807) is 0 Å². The molecule has 0 fully saturated rings. The Morgan fingerprint density at radius 3 is 1.80 bits per heavy atom. The predicted octanol–water partition coefficient (Wildman–Crippen LogP) is -2.19. The van der Waals surface area contributed by atoms with Gasteiger partial charge in [-0.05, 0) is 6.92 Å². The lowest BCUT2D eigenvalue weighted by Crippen LogP contribution is -2.42. The monoisotopic (exact) mass is 222 g/mol. The van der Waals surface area contributed by atoms with Gasteiger partial charge in [-0.1, -0.05) is 0 Å². The highest BCUT2D eigenvalue weighted by atomic mass is 16.6. The number of aliphatic carboxylic acids is 2. The average Bonchev–Trinajstić information content (AvgIpc) is 2.14. The molecule has 3 unspecified atom stereocenters. The van der Waals surface area contributed by atoms with Gasteiger partial charge in [-0.3, -0.25) is 0 Å². The second-order valence-electron chi connectivity index (χ2n) is 2.65. The molecule has 0 aliphatic heterocycles. The number of ether oxygens (including phenoxy) is 1. The van der Waals surface area contributed by atoms with Gasteiger partial charge in [0, 0.05) is 0 Å². The van der Waals surface area contributed by atoms with Crippen molar-refractivity contribution < 1.29 is 39.5 Å². The van der Waals surface area contributed by atoms with Crippen LogP contribution in [0.4, 0.5) is 0 Å². The molecule has 0 saturated carbocycles. The zero-order chi connectivity index (χ0) is 12.2. The standard InChI is InChI=1S/C7H10O8/c1-2(5(10)11)15-7(14)4(9)3(8)6(12)13/h2-4,8-9H,1H3,(H,10,11)(H,12,13). The molecule has 0 bridgehead atoms. The number of carbonyl (C=O) groups excluding carboxylic acids is 1. The number of rotatable bonds is 5. The van der Waals surface area contributed by atoms with Crippen LogP contribution in [-0.4, -0.2) is 56.6 Å². The van der Waals surface area contributed by atoms with E-state index < -0.39 is 36.2 Å². The number of esters is 1. The molecule has 0 aromatic rings. The fraction of sp³-hybridized carbons (Fsp3) is 0.571. The van der Waals surface area contributed by atoms with Crippen LogP contribution in [0.1, 0.15) is 6.92 Å². The molecule has 0 radical (unpaired) electrons. The summed E-state index contributed by atoms with van der Waals surface area (Å²) in [6, 6.07) is 0. The number of carbonyl (C=O) groups is 3. The summed E-state index contributed by atoms with van der Waals surface area (Å²) >= 11 is 0. The van der Waals surface area contributed by atoms with Gasteiger partial charge in [0.1, 0.15) is 0 Å². The smallest absolute Gasteiger partial charge is 0.344 e. The van der Waals surface area contributed by atoms with Crippen molar-refractivity contribution in [2.24, 2.45) is 0 Å². The molecular formula is C7H10O8. The SMILES string of the molecule is CC(OC(=O)C(O)C(O)C(=O)O)C(=O)O. The second-order valence-corrected chi connectivity index (χ2v) is 2.65. The second kappa shape index (κ2) is 5.27. The van der Waals surface area contributed by atoms with Gasteiger partial charge in [-0.25, -0.2) is 14.4 Å². The first kappa shape index (κ1) is 13.3. The van der Waals surface area contributed by atoms with Crippen molar-refractivity contribution in [3.63, 3.8) is 0 Å². The topological polar surface area (TPSA) is 141 Å². The fourth-order valence-corrected chi connectivity index (χ4v) is 0.558. The third-order valence-electron chi connectivity index (χ3n) is 1.43. The Kier molecular flexibility index (Phi) is 4.68. The first-order valence-electron chi connectivity index (χ1n) is 3.79. The molecule has 0 aliphatic rings. The highest BCUT2D eigenvalue weighted by molar-refractivity contribution is 5.85. The van der Waals surface area contributed by atoms with Crippen LogP contribution < -0.4 is 0 Å². The lowest BCUT2D eigenvalue weighted by molar-refractivity contribution is -0.177. The molecule has 0 amide bonds. The molecule has 8 heteroatoms. The average molecular weight is 222 g/mol. The minimum atomic E-state index is -2.35. The first-order valence-corrected chi connectivity index (χ1v) is 3.79. The molecule has 8 nitrogen and oxygen atoms in total. The van der Waals surface area contributed by atoms with Crippen molar-refractivity contribution in [3.05, 3.63) is 0 Å². The Morgan fingerprint density at radius 2 is 1.47 bits per heavy atom. The summed E-state index contributed by atoms with van der Waals surface area (Å²) in [6.45, 7) is 1.01. The van der Waals surface area contributed by atoms with Crippen LogP contribution in [0.2, 0.25) is 0 Å². The number of carboxylic acids is 2. The van der Waals surface area contributed by atoms with Crippen molar-refractivity contribution in [2.45, 2.75) is 25.2 Å². The van der Waals surface area contributed by atoms with E-state index in [0.717, 1.165) is 6.92 Å². The minimum absolute atomic E-state index is 1.01. The normalized spacial score (nSPS) is 16.2. The van der Waals surface area contributed by atoms with Crippen molar-refractivity contribution in [1.82, 2.24) is 0 Å². The van der Waals surface area contributed by atoms with Gasteiger partial charge >= 0.3 is 17.9 Å². The van der Waals surface area contributed by atoms with Gasteiger partial charge in [0.2, 0.25) is 0 Å². The Bertz CT molecular complexity index is 272. The Morgan fingerprint density at radius 1 is 1.00 bits per heavy atom. The molecule has 0 heterocycles. The maximum absolute atomic E-state index is 10.8. The van der Waals surface area contributed by atoms with Gasteiger partial charge < -0.3 is 25.2 Å². The van der Waals surface area contributed by atoms with Crippen molar-refractivity contribution in [3.8, 4) is 0 Å². The van der Waals surface area contributed by atoms with E-state index in [2.05, 4.69) is 4.74 Å². The van der Waals surface area contributed by atoms with Crippen LogP contribution in [0, 0.1) is 0 Å². The molecule has 0 aliphatic carbocycles. The summed E-state index contributed by atoms with van der Waals surface area (Å²) < 4.78 is 4.13. The fourth-order valence-electron chi connectivity index (χ4n) is 0.558. The van der Waals surface area contributed by atoms with Gasteiger partial charge in [-0.2, -0.15) is 0 Å². The maximum Gasteiger partial charge on any atom is 0.344 e. The van der Waals surface area contributed by atoms with Crippen molar-refractivity contribution in [2.75, 3.05) is 0 Å². The summed E-state index contributed by atoms with van der Waals surface area (Å²) in [5.74, 6) is -4.79. The number of carboxylic acid groups (broad SMARTS) is 2. The molecular weight excluding hydrogens is 212 g/mol. The van der Waals surface area contributed by atoms with Crippen LogP contribution in [0.5, 0.6) is 0 Å². The van der Waals surface area contributed by atoms with Crippen LogP contribution in [-0.2, 0) is 19.1 Å². The van der Waals surface area contributed by atoms with Gasteiger partial charge in [0.25, 0.3) is 0 Å². The van der Waals surface area contributed by atoms with E-state index in [4.69, 9.17) is 20.4 Å². The summed E-state index contributed by atoms with van der Waals surface area (Å²) in [4.78, 5) is 31.2. The van der Waals surface area contributed by atoms with Gasteiger partial charge in [-0.15, -0.1) is 0 Å². The number of aliphatic hydroxyl groups excluding tert-OH is 2. The summed E-state index contributed by atoms with van der Waals surface area (Å²) in [6.07, 6.45) is -6.20. The van der Waals surface area contributed by atoms with E-state index in [1.807, 2.05) is 0 Å². The van der Waals surface area contributed by atoms with E-state index >= 15 is 0 Å². The zero-order valence-corrected chi connectivity index (χ0v) is 7.65. The molecule has 15 heavy (non-hydrogen) atoms. The van der Waals surface area contributed by atoms with Crippen LogP contribution in [0.15, 0.2) is 0 Å². The molecule has 86 valence electrons. The van der Waals surface area contributed by atoms with E-state index in [0.29, 0.717) is 0 Å². The molecule has 0 saturated heterocycles. The molecule has 0 aromatic heterocycles. The third kappa shape index (κ3) is 3.92. The lowest BCUT2D eigenvalue weighted by atomic mass is 10.2. The zero-order valence-electron chi connectivity index (χ0n) is 7.65. The maximum atomic E-state index is 10.8. The number of hydrogen-bond donors (Lipinski definition) is 4. The summed E-state index contributed by atoms with van der Waals surface area (Å²) in [5.41, 5.74) is 0. The molecule has 0 aromatic carbocycles. The predicted molar refractivity (Wildman–Crippen MR) is 42.8 cm³/mol. The van der Waals surface area contributed by atoms with Gasteiger partial charge in [0.15, 0.2) is 18.3 Å². The number of hydrogen-bond acceptors (Lipinski definition) is 6. The van der Waals surface area contributed by atoms with Crippen LogP contribution >= 0.6 is 0 Å². The van der Waals surface area contributed by atoms with E-state index in [9.17, 15) is 14.4 Å². The van der Waals surface area contributed by atoms with Gasteiger partial charge in [0.05, 0.1) is 0 Å². The van der Waals surface area contributed by atoms with E-state index in [-0.39, 0.29) is 0 Å². The van der Waals surface area contributed by atoms with Crippen molar-refractivity contribution in [1.29, 1.82) is 0 Å². The Labute approximate surface area is 83.7 Å². The quantitative estimate of drug-likeness (QED) is 0.384. The summed E-state index contributed by atoms with van der Waals surface area (Å²) in [5, 5.41) is 34.1. The van der Waals surface area contributed by atoms with Crippen LogP contribution in [0.25, 0.3) is 0 Å². The van der Waals surface area contributed by atoms with E-state index in [1.165, 1.54) is 0 Å². The third-order valence-corrected chi connectivity index (χ3v) is 1.43. The largest absolute Gasteiger partial charge is 0.479 e. The molecule has 3 atom stereocenters. The highest BCUT2D eigenvalue weighted by Gasteiger charge is 2.33. The first-order chi connectivity index (χ1) is 6.77. The van der Waals surface area contributed by atoms with Crippen LogP contribution in [0.3, 0.4) is 0 Å². The summed E-state index contributed by atoms with van der Waals surface area (Å²) in [7, 11) is 0. The Balaban J connectivity index is 4.34. The minimum Gasteiger partial charge on any atom is -0.479 e. The molecule has 4 N–H and O–H groups in total. The lowest BCUT2D eigenvalue weighted by Gasteiger charge is -2.14. The van der Waals surface area contributed by atoms with Crippen molar-refractivity contribution >= 4 is 17.9 Å². The molecule has 0 rings (SSSR count). The molecule has 0 spiro atoms. The Hall–Kier alpha value is -1.67. The number of aliphatic hydroxyl groups is 2.